The Labute approximate surface area is 135 Å². The SMILES string of the molecule is CC(C)C(=O)Nc1cccc(NC(=O)CNC(=O)CN)c1.Cl. The highest BCUT2D eigenvalue weighted by molar-refractivity contribution is 5.96. The van der Waals surface area contributed by atoms with Crippen LogP contribution in [0.4, 0.5) is 11.4 Å². The van der Waals surface area contributed by atoms with Crippen molar-refractivity contribution in [2.24, 2.45) is 11.7 Å². The van der Waals surface area contributed by atoms with Gasteiger partial charge in [-0.05, 0) is 18.2 Å². The average molecular weight is 329 g/mol. The Balaban J connectivity index is 0.00000441. The number of hydrogen-bond acceptors (Lipinski definition) is 4. The van der Waals surface area contributed by atoms with E-state index >= 15 is 0 Å². The lowest BCUT2D eigenvalue weighted by Crippen LogP contribution is -2.36. The van der Waals surface area contributed by atoms with E-state index in [2.05, 4.69) is 16.0 Å². The summed E-state index contributed by atoms with van der Waals surface area (Å²) >= 11 is 0. The number of halogens is 1. The average Bonchev–Trinajstić information content (AvgIpc) is 2.44. The van der Waals surface area contributed by atoms with Crippen molar-refractivity contribution >= 4 is 41.5 Å². The van der Waals surface area contributed by atoms with Crippen molar-refractivity contribution in [3.05, 3.63) is 24.3 Å². The van der Waals surface area contributed by atoms with E-state index in [0.29, 0.717) is 11.4 Å². The number of carbonyl (C=O) groups excluding carboxylic acids is 3. The number of nitrogens with two attached hydrogens (primary N) is 1. The van der Waals surface area contributed by atoms with Crippen molar-refractivity contribution in [3.63, 3.8) is 0 Å². The summed E-state index contributed by atoms with van der Waals surface area (Å²) in [7, 11) is 0. The number of rotatable bonds is 6. The number of hydrogen-bond donors (Lipinski definition) is 4. The molecular formula is C14H21ClN4O3. The molecule has 1 rings (SSSR count). The normalized spacial score (nSPS) is 9.64. The molecule has 122 valence electrons. The van der Waals surface area contributed by atoms with Crippen molar-refractivity contribution in [2.75, 3.05) is 23.7 Å². The molecule has 0 bridgehead atoms. The molecular weight excluding hydrogens is 308 g/mol. The molecule has 0 radical (unpaired) electrons. The molecule has 0 aliphatic heterocycles. The maximum absolute atomic E-state index is 11.6. The first-order chi connectivity index (χ1) is 9.92. The Kier molecular flexibility index (Phi) is 8.81. The predicted molar refractivity (Wildman–Crippen MR) is 87.9 cm³/mol. The predicted octanol–water partition coefficient (Wildman–Crippen LogP) is 0.716. The topological polar surface area (TPSA) is 113 Å². The van der Waals surface area contributed by atoms with Gasteiger partial charge < -0.3 is 21.7 Å². The molecule has 0 unspecified atom stereocenters. The Morgan fingerprint density at radius 2 is 1.68 bits per heavy atom. The fraction of sp³-hybridized carbons (Fsp3) is 0.357. The quantitative estimate of drug-likeness (QED) is 0.616. The maximum Gasteiger partial charge on any atom is 0.243 e. The van der Waals surface area contributed by atoms with E-state index in [1.807, 2.05) is 0 Å². The van der Waals surface area contributed by atoms with E-state index in [4.69, 9.17) is 5.73 Å². The van der Waals surface area contributed by atoms with Gasteiger partial charge in [0.25, 0.3) is 0 Å². The van der Waals surface area contributed by atoms with Crippen molar-refractivity contribution in [1.82, 2.24) is 5.32 Å². The molecule has 0 aliphatic rings. The van der Waals surface area contributed by atoms with Crippen LogP contribution < -0.4 is 21.7 Å². The van der Waals surface area contributed by atoms with E-state index in [9.17, 15) is 14.4 Å². The third-order valence-electron chi connectivity index (χ3n) is 2.57. The monoisotopic (exact) mass is 328 g/mol. The van der Waals surface area contributed by atoms with Gasteiger partial charge in [0.1, 0.15) is 0 Å². The minimum atomic E-state index is -0.400. The van der Waals surface area contributed by atoms with Gasteiger partial charge in [0, 0.05) is 17.3 Å². The summed E-state index contributed by atoms with van der Waals surface area (Å²) in [6, 6.07) is 6.77. The molecule has 7 nitrogen and oxygen atoms in total. The molecule has 3 amide bonds. The first-order valence-electron chi connectivity index (χ1n) is 6.60. The molecule has 0 saturated carbocycles. The van der Waals surface area contributed by atoms with Crippen LogP contribution in [-0.2, 0) is 14.4 Å². The Morgan fingerprint density at radius 1 is 1.09 bits per heavy atom. The van der Waals surface area contributed by atoms with Gasteiger partial charge in [-0.2, -0.15) is 0 Å². The number of amides is 3. The van der Waals surface area contributed by atoms with Gasteiger partial charge in [-0.25, -0.2) is 0 Å². The second-order valence-electron chi connectivity index (χ2n) is 4.75. The Bertz CT molecular complexity index is 535. The van der Waals surface area contributed by atoms with Gasteiger partial charge in [0.05, 0.1) is 13.1 Å². The van der Waals surface area contributed by atoms with Gasteiger partial charge >= 0.3 is 0 Å². The van der Waals surface area contributed by atoms with E-state index < -0.39 is 5.91 Å². The number of nitrogens with one attached hydrogen (secondary N) is 3. The van der Waals surface area contributed by atoms with Crippen molar-refractivity contribution in [1.29, 1.82) is 0 Å². The number of anilines is 2. The molecule has 22 heavy (non-hydrogen) atoms. The molecule has 0 aliphatic carbocycles. The van der Waals surface area contributed by atoms with Crippen molar-refractivity contribution < 1.29 is 14.4 Å². The summed E-state index contributed by atoms with van der Waals surface area (Å²) in [4.78, 5) is 34.2. The summed E-state index contributed by atoms with van der Waals surface area (Å²) in [6.45, 7) is 3.27. The Morgan fingerprint density at radius 3 is 2.23 bits per heavy atom. The molecule has 0 fully saturated rings. The van der Waals surface area contributed by atoms with Gasteiger partial charge in [-0.15, -0.1) is 12.4 Å². The lowest BCUT2D eigenvalue weighted by molar-refractivity contribution is -0.123. The van der Waals surface area contributed by atoms with Crippen molar-refractivity contribution in [2.45, 2.75) is 13.8 Å². The minimum Gasteiger partial charge on any atom is -0.346 e. The van der Waals surface area contributed by atoms with Crippen LogP contribution >= 0.6 is 12.4 Å². The van der Waals surface area contributed by atoms with E-state index in [0.717, 1.165) is 0 Å². The van der Waals surface area contributed by atoms with Crippen LogP contribution in [0.25, 0.3) is 0 Å². The van der Waals surface area contributed by atoms with E-state index in [-0.39, 0.29) is 43.2 Å². The minimum absolute atomic E-state index is 0. The zero-order valence-electron chi connectivity index (χ0n) is 12.5. The fourth-order valence-electron chi connectivity index (χ4n) is 1.42. The van der Waals surface area contributed by atoms with Gasteiger partial charge in [-0.1, -0.05) is 19.9 Å². The van der Waals surface area contributed by atoms with Crippen LogP contribution in [0.2, 0.25) is 0 Å². The van der Waals surface area contributed by atoms with Gasteiger partial charge in [0.15, 0.2) is 0 Å². The zero-order valence-corrected chi connectivity index (χ0v) is 13.3. The van der Waals surface area contributed by atoms with Crippen LogP contribution in [0.3, 0.4) is 0 Å². The lowest BCUT2D eigenvalue weighted by atomic mass is 10.2. The van der Waals surface area contributed by atoms with Gasteiger partial charge in [-0.3, -0.25) is 14.4 Å². The van der Waals surface area contributed by atoms with Crippen LogP contribution in [-0.4, -0.2) is 30.8 Å². The zero-order chi connectivity index (χ0) is 15.8. The molecule has 0 heterocycles. The van der Waals surface area contributed by atoms with Gasteiger partial charge in [0.2, 0.25) is 17.7 Å². The first-order valence-corrected chi connectivity index (χ1v) is 6.60. The second-order valence-corrected chi connectivity index (χ2v) is 4.75. The van der Waals surface area contributed by atoms with Crippen LogP contribution in [0, 0.1) is 5.92 Å². The molecule has 0 spiro atoms. The molecule has 0 aromatic heterocycles. The molecule has 1 aromatic carbocycles. The standard InChI is InChI=1S/C14H20N4O3.ClH/c1-9(2)14(21)18-11-5-3-4-10(6-11)17-13(20)8-16-12(19)7-15;/h3-6,9H,7-8,15H2,1-2H3,(H,16,19)(H,17,20)(H,18,21);1H. The van der Waals surface area contributed by atoms with Crippen molar-refractivity contribution in [3.8, 4) is 0 Å². The molecule has 8 heteroatoms. The number of carbonyl (C=O) groups is 3. The third kappa shape index (κ3) is 7.05. The Hall–Kier alpha value is -2.12. The summed E-state index contributed by atoms with van der Waals surface area (Å²) < 4.78 is 0. The summed E-state index contributed by atoms with van der Waals surface area (Å²) in [5, 5.41) is 7.72. The van der Waals surface area contributed by atoms with Crippen LogP contribution in [0.5, 0.6) is 0 Å². The third-order valence-corrected chi connectivity index (χ3v) is 2.57. The molecule has 0 atom stereocenters. The smallest absolute Gasteiger partial charge is 0.243 e. The summed E-state index contributed by atoms with van der Waals surface area (Å²) in [5.74, 6) is -1.00. The summed E-state index contributed by atoms with van der Waals surface area (Å²) in [6.07, 6.45) is 0. The van der Waals surface area contributed by atoms with Crippen LogP contribution in [0.1, 0.15) is 13.8 Å². The lowest BCUT2D eigenvalue weighted by Gasteiger charge is -2.10. The molecule has 5 N–H and O–H groups in total. The number of benzene rings is 1. The van der Waals surface area contributed by atoms with E-state index in [1.54, 1.807) is 38.1 Å². The molecule has 1 aromatic rings. The molecule has 0 saturated heterocycles. The maximum atomic E-state index is 11.6. The highest BCUT2D eigenvalue weighted by atomic mass is 35.5. The fourth-order valence-corrected chi connectivity index (χ4v) is 1.42. The highest BCUT2D eigenvalue weighted by Crippen LogP contribution is 2.15. The first kappa shape index (κ1) is 19.9. The summed E-state index contributed by atoms with van der Waals surface area (Å²) in [5.41, 5.74) is 6.24. The largest absolute Gasteiger partial charge is 0.346 e. The van der Waals surface area contributed by atoms with E-state index in [1.165, 1.54) is 0 Å². The van der Waals surface area contributed by atoms with Crippen LogP contribution in [0.15, 0.2) is 24.3 Å². The second kappa shape index (κ2) is 9.75. The highest BCUT2D eigenvalue weighted by Gasteiger charge is 2.08.